The lowest BCUT2D eigenvalue weighted by atomic mass is 10.00. The van der Waals surface area contributed by atoms with Crippen LogP contribution in [0.5, 0.6) is 5.75 Å². The molecule has 0 heterocycles. The average Bonchev–Trinajstić information content (AvgIpc) is 2.36. The van der Waals surface area contributed by atoms with Gasteiger partial charge >= 0.3 is 5.97 Å². The Kier molecular flexibility index (Phi) is 5.66. The van der Waals surface area contributed by atoms with E-state index in [2.05, 4.69) is 15.9 Å². The maximum atomic E-state index is 11.6. The minimum atomic E-state index is -0.812. The number of ether oxygens (including phenoxy) is 2. The highest BCUT2D eigenvalue weighted by Crippen LogP contribution is 2.25. The van der Waals surface area contributed by atoms with Crippen LogP contribution in [0.25, 0.3) is 0 Å². The van der Waals surface area contributed by atoms with Crippen LogP contribution in [0.3, 0.4) is 0 Å². The van der Waals surface area contributed by atoms with Gasteiger partial charge in [-0.25, -0.2) is 0 Å². The Balaban J connectivity index is 2.91. The van der Waals surface area contributed by atoms with Crippen LogP contribution in [0.1, 0.15) is 12.5 Å². The quantitative estimate of drug-likeness (QED) is 0.784. The monoisotopic (exact) mass is 311 g/mol. The lowest BCUT2D eigenvalue weighted by molar-refractivity contribution is -0.145. The number of nitrogens with zero attached hydrogens (tertiary/aromatic N) is 1. The van der Waals surface area contributed by atoms with Crippen molar-refractivity contribution in [2.45, 2.75) is 13.3 Å². The molecule has 1 atom stereocenters. The van der Waals surface area contributed by atoms with Gasteiger partial charge in [0.05, 0.1) is 19.8 Å². The first kappa shape index (κ1) is 14.5. The minimum absolute atomic E-state index is 0.270. The van der Waals surface area contributed by atoms with Gasteiger partial charge in [0.1, 0.15) is 11.7 Å². The zero-order valence-corrected chi connectivity index (χ0v) is 11.9. The van der Waals surface area contributed by atoms with Crippen LogP contribution in [-0.4, -0.2) is 19.7 Å². The second kappa shape index (κ2) is 7.02. The fourth-order valence-electron chi connectivity index (χ4n) is 1.55. The van der Waals surface area contributed by atoms with Gasteiger partial charge in [0, 0.05) is 10.9 Å². The molecule has 96 valence electrons. The number of nitriles is 1. The van der Waals surface area contributed by atoms with Crippen LogP contribution in [0.2, 0.25) is 0 Å². The van der Waals surface area contributed by atoms with Crippen LogP contribution in [-0.2, 0) is 16.0 Å². The first-order chi connectivity index (χ1) is 8.62. The summed E-state index contributed by atoms with van der Waals surface area (Å²) in [6, 6.07) is 7.43. The molecule has 0 aliphatic rings. The molecule has 5 heteroatoms. The molecule has 0 bridgehead atoms. The van der Waals surface area contributed by atoms with Crippen molar-refractivity contribution in [1.82, 2.24) is 0 Å². The Hall–Kier alpha value is -1.54. The van der Waals surface area contributed by atoms with E-state index in [9.17, 15) is 4.79 Å². The van der Waals surface area contributed by atoms with Crippen molar-refractivity contribution >= 4 is 21.9 Å². The summed E-state index contributed by atoms with van der Waals surface area (Å²) < 4.78 is 10.9. The van der Waals surface area contributed by atoms with Crippen LogP contribution in [0, 0.1) is 17.2 Å². The van der Waals surface area contributed by atoms with Gasteiger partial charge in [-0.3, -0.25) is 4.79 Å². The number of halogens is 1. The molecule has 1 aromatic rings. The van der Waals surface area contributed by atoms with E-state index in [1.54, 1.807) is 20.1 Å². The summed E-state index contributed by atoms with van der Waals surface area (Å²) in [6.45, 7) is 1.98. The second-order valence-electron chi connectivity index (χ2n) is 3.59. The molecular formula is C13H14BrNO3. The molecule has 1 unspecified atom stereocenters. The van der Waals surface area contributed by atoms with Gasteiger partial charge in [0.25, 0.3) is 0 Å². The Bertz CT molecular complexity index is 468. The number of hydrogen-bond acceptors (Lipinski definition) is 4. The summed E-state index contributed by atoms with van der Waals surface area (Å²) in [5, 5.41) is 9.01. The molecule has 0 fully saturated rings. The van der Waals surface area contributed by atoms with E-state index in [4.69, 9.17) is 14.7 Å². The predicted octanol–water partition coefficient (Wildman–Crippen LogP) is 2.70. The number of carbonyl (C=O) groups is 1. The molecular weight excluding hydrogens is 298 g/mol. The van der Waals surface area contributed by atoms with Gasteiger partial charge in [-0.1, -0.05) is 15.9 Å². The van der Waals surface area contributed by atoms with Gasteiger partial charge in [-0.15, -0.1) is 0 Å². The van der Waals surface area contributed by atoms with E-state index in [1.165, 1.54) is 0 Å². The predicted molar refractivity (Wildman–Crippen MR) is 70.1 cm³/mol. The summed E-state index contributed by atoms with van der Waals surface area (Å²) in [6.07, 6.45) is 0.276. The number of esters is 1. The molecule has 0 radical (unpaired) electrons. The van der Waals surface area contributed by atoms with Crippen molar-refractivity contribution in [2.75, 3.05) is 13.7 Å². The van der Waals surface area contributed by atoms with Crippen molar-refractivity contribution in [3.8, 4) is 11.8 Å². The summed E-state index contributed by atoms with van der Waals surface area (Å²) in [5.41, 5.74) is 0.798. The maximum absolute atomic E-state index is 11.6. The first-order valence-electron chi connectivity index (χ1n) is 5.51. The Morgan fingerprint density at radius 3 is 2.83 bits per heavy atom. The van der Waals surface area contributed by atoms with Crippen LogP contribution < -0.4 is 4.74 Å². The maximum Gasteiger partial charge on any atom is 0.323 e. The third kappa shape index (κ3) is 3.74. The molecule has 0 aliphatic carbocycles. The minimum Gasteiger partial charge on any atom is -0.496 e. The Morgan fingerprint density at radius 2 is 2.28 bits per heavy atom. The standard InChI is InChI=1S/C13H14BrNO3/c1-3-18-13(16)10(8-15)6-9-7-11(14)4-5-12(9)17-2/h4-5,7,10H,3,6H2,1-2H3. The smallest absolute Gasteiger partial charge is 0.323 e. The molecule has 0 saturated carbocycles. The highest BCUT2D eigenvalue weighted by molar-refractivity contribution is 9.10. The third-order valence-corrected chi connectivity index (χ3v) is 2.89. The first-order valence-corrected chi connectivity index (χ1v) is 6.30. The lowest BCUT2D eigenvalue weighted by Crippen LogP contribution is -2.18. The van der Waals surface area contributed by atoms with E-state index >= 15 is 0 Å². The van der Waals surface area contributed by atoms with Crippen molar-refractivity contribution < 1.29 is 14.3 Å². The van der Waals surface area contributed by atoms with Crippen LogP contribution in [0.4, 0.5) is 0 Å². The molecule has 0 amide bonds. The molecule has 1 aromatic carbocycles. The van der Waals surface area contributed by atoms with E-state index in [-0.39, 0.29) is 13.0 Å². The SMILES string of the molecule is CCOC(=O)C(C#N)Cc1cc(Br)ccc1OC. The highest BCUT2D eigenvalue weighted by Gasteiger charge is 2.21. The molecule has 18 heavy (non-hydrogen) atoms. The molecule has 0 aromatic heterocycles. The fraction of sp³-hybridized carbons (Fsp3) is 0.385. The van der Waals surface area contributed by atoms with E-state index in [0.717, 1.165) is 10.0 Å². The zero-order valence-electron chi connectivity index (χ0n) is 10.3. The van der Waals surface area contributed by atoms with Crippen molar-refractivity contribution in [3.63, 3.8) is 0 Å². The molecule has 0 aliphatic heterocycles. The topological polar surface area (TPSA) is 59.3 Å². The van der Waals surface area contributed by atoms with E-state index in [1.807, 2.05) is 18.2 Å². The summed E-state index contributed by atoms with van der Waals surface area (Å²) in [4.78, 5) is 11.6. The lowest BCUT2D eigenvalue weighted by Gasteiger charge is -2.12. The normalized spacial score (nSPS) is 11.4. The number of methoxy groups -OCH3 is 1. The van der Waals surface area contributed by atoms with Gasteiger partial charge in [0.2, 0.25) is 0 Å². The van der Waals surface area contributed by atoms with Gasteiger partial charge < -0.3 is 9.47 Å². The number of carbonyl (C=O) groups excluding carboxylic acids is 1. The van der Waals surface area contributed by atoms with Crippen molar-refractivity contribution in [3.05, 3.63) is 28.2 Å². The molecule has 0 N–H and O–H groups in total. The third-order valence-electron chi connectivity index (χ3n) is 2.39. The summed E-state index contributed by atoms with van der Waals surface area (Å²) >= 11 is 3.35. The van der Waals surface area contributed by atoms with Gasteiger partial charge in [0.15, 0.2) is 0 Å². The number of benzene rings is 1. The molecule has 4 nitrogen and oxygen atoms in total. The van der Waals surface area contributed by atoms with E-state index < -0.39 is 11.9 Å². The van der Waals surface area contributed by atoms with E-state index in [0.29, 0.717) is 5.75 Å². The number of hydrogen-bond donors (Lipinski definition) is 0. The average molecular weight is 312 g/mol. The molecule has 1 rings (SSSR count). The van der Waals surface area contributed by atoms with Crippen LogP contribution in [0.15, 0.2) is 22.7 Å². The Morgan fingerprint density at radius 1 is 1.56 bits per heavy atom. The second-order valence-corrected chi connectivity index (χ2v) is 4.51. The van der Waals surface area contributed by atoms with Crippen LogP contribution >= 0.6 is 15.9 Å². The van der Waals surface area contributed by atoms with Gasteiger partial charge in [-0.05, 0) is 30.7 Å². The summed E-state index contributed by atoms with van der Waals surface area (Å²) in [7, 11) is 1.55. The zero-order chi connectivity index (χ0) is 13.5. The van der Waals surface area contributed by atoms with Crippen molar-refractivity contribution in [1.29, 1.82) is 5.26 Å². The van der Waals surface area contributed by atoms with Crippen molar-refractivity contribution in [2.24, 2.45) is 5.92 Å². The molecule has 0 spiro atoms. The largest absolute Gasteiger partial charge is 0.496 e. The highest BCUT2D eigenvalue weighted by atomic mass is 79.9. The van der Waals surface area contributed by atoms with Gasteiger partial charge in [-0.2, -0.15) is 5.26 Å². The number of rotatable bonds is 5. The summed E-state index contributed by atoms with van der Waals surface area (Å²) in [5.74, 6) is -0.655. The fourth-order valence-corrected chi connectivity index (χ4v) is 1.96. The Labute approximate surface area is 115 Å². The molecule has 0 saturated heterocycles.